The van der Waals surface area contributed by atoms with Crippen molar-refractivity contribution in [2.75, 3.05) is 12.4 Å². The van der Waals surface area contributed by atoms with Gasteiger partial charge in [-0.1, -0.05) is 12.1 Å². The van der Waals surface area contributed by atoms with E-state index in [9.17, 15) is 32.1 Å². The molecular formula is C12H9ClF2N6O6S. The lowest BCUT2D eigenvalue weighted by Crippen LogP contribution is -2.35. The first-order chi connectivity index (χ1) is 12.9. The molecule has 0 atom stereocenters. The van der Waals surface area contributed by atoms with E-state index in [0.717, 1.165) is 19.2 Å². The average molecular weight is 439 g/mol. The summed E-state index contributed by atoms with van der Waals surface area (Å²) in [5, 5.41) is 8.68. The summed E-state index contributed by atoms with van der Waals surface area (Å²) in [6.07, 6.45) is 0. The van der Waals surface area contributed by atoms with Crippen molar-refractivity contribution in [2.24, 2.45) is 0 Å². The first-order valence-corrected chi connectivity index (χ1v) is 8.74. The highest BCUT2D eigenvalue weighted by molar-refractivity contribution is 7.90. The number of nitro benzene ring substituents is 1. The van der Waals surface area contributed by atoms with Crippen LogP contribution < -0.4 is 14.8 Å². The standard InChI is InChI=1S/C12H9ClF2N6O6S/c1-27-11-17-8(12(13,14)15)16-9(19-11)18-10(22)20-28(25,26)7-5-3-2-4-6(7)21(23)24/h2-5H,1H3,(H2,16,17,18,19,20,22). The molecule has 0 bridgehead atoms. The molecule has 0 radical (unpaired) electrons. The Balaban J connectivity index is 2.28. The van der Waals surface area contributed by atoms with Crippen molar-refractivity contribution in [3.05, 3.63) is 40.2 Å². The third kappa shape index (κ3) is 4.95. The molecule has 1 aromatic carbocycles. The number of nitrogens with one attached hydrogen (secondary N) is 2. The van der Waals surface area contributed by atoms with Gasteiger partial charge in [0, 0.05) is 6.07 Å². The number of hydrogen-bond acceptors (Lipinski definition) is 9. The Labute approximate surface area is 160 Å². The van der Waals surface area contributed by atoms with Crippen molar-refractivity contribution < 1.29 is 31.7 Å². The molecular weight excluding hydrogens is 430 g/mol. The van der Waals surface area contributed by atoms with Crippen LogP contribution in [0, 0.1) is 10.1 Å². The summed E-state index contributed by atoms with van der Waals surface area (Å²) in [6, 6.07) is 2.11. The Morgan fingerprint density at radius 3 is 2.50 bits per heavy atom. The van der Waals surface area contributed by atoms with Crippen molar-refractivity contribution >= 4 is 39.3 Å². The number of hydrogen-bond donors (Lipinski definition) is 2. The van der Waals surface area contributed by atoms with Crippen molar-refractivity contribution in [3.63, 3.8) is 0 Å². The molecule has 0 unspecified atom stereocenters. The summed E-state index contributed by atoms with van der Waals surface area (Å²) in [6.45, 7) is 0. The number of nitrogens with zero attached hydrogens (tertiary/aromatic N) is 4. The Hall–Kier alpha value is -3.20. The van der Waals surface area contributed by atoms with Gasteiger partial charge in [-0.25, -0.2) is 17.9 Å². The van der Waals surface area contributed by atoms with E-state index in [1.807, 2.05) is 0 Å². The fourth-order valence-corrected chi connectivity index (χ4v) is 2.93. The maximum atomic E-state index is 13.2. The van der Waals surface area contributed by atoms with Crippen molar-refractivity contribution in [3.8, 4) is 6.01 Å². The van der Waals surface area contributed by atoms with E-state index < -0.39 is 54.7 Å². The maximum Gasteiger partial charge on any atom is 0.382 e. The Kier molecular flexibility index (Phi) is 5.89. The second-order valence-electron chi connectivity index (χ2n) is 4.75. The van der Waals surface area contributed by atoms with Crippen LogP contribution >= 0.6 is 11.6 Å². The number of methoxy groups -OCH3 is 1. The zero-order valence-electron chi connectivity index (χ0n) is 13.6. The maximum absolute atomic E-state index is 13.2. The highest BCUT2D eigenvalue weighted by atomic mass is 35.5. The summed E-state index contributed by atoms with van der Waals surface area (Å²) in [5.74, 6) is -2.07. The van der Waals surface area contributed by atoms with E-state index in [2.05, 4.69) is 19.7 Å². The van der Waals surface area contributed by atoms with E-state index in [1.165, 1.54) is 16.9 Å². The number of sulfonamides is 1. The van der Waals surface area contributed by atoms with Crippen LogP contribution in [0.3, 0.4) is 0 Å². The zero-order valence-corrected chi connectivity index (χ0v) is 15.2. The number of nitro groups is 1. The van der Waals surface area contributed by atoms with Crippen molar-refractivity contribution in [1.82, 2.24) is 19.7 Å². The number of ether oxygens (including phenoxy) is 1. The lowest BCUT2D eigenvalue weighted by Gasteiger charge is -2.11. The first kappa shape index (κ1) is 21.1. The van der Waals surface area contributed by atoms with Gasteiger partial charge in [0.2, 0.25) is 11.8 Å². The Morgan fingerprint density at radius 2 is 1.93 bits per heavy atom. The molecule has 0 fully saturated rings. The van der Waals surface area contributed by atoms with Gasteiger partial charge in [-0.2, -0.15) is 23.7 Å². The molecule has 150 valence electrons. The van der Waals surface area contributed by atoms with Gasteiger partial charge >= 0.3 is 17.4 Å². The van der Waals surface area contributed by atoms with Crippen LogP contribution in [0.5, 0.6) is 6.01 Å². The molecule has 0 aliphatic rings. The molecule has 0 aliphatic heterocycles. The van der Waals surface area contributed by atoms with E-state index >= 15 is 0 Å². The summed E-state index contributed by atoms with van der Waals surface area (Å²) in [5.41, 5.74) is -0.784. The normalized spacial score (nSPS) is 11.6. The van der Waals surface area contributed by atoms with E-state index in [4.69, 9.17) is 11.6 Å². The number of carbonyl (C=O) groups excluding carboxylic acids is 1. The number of amides is 2. The molecule has 1 aromatic heterocycles. The van der Waals surface area contributed by atoms with Crippen LogP contribution in [-0.4, -0.2) is 41.4 Å². The minimum atomic E-state index is -4.69. The van der Waals surface area contributed by atoms with Gasteiger partial charge in [-0.15, -0.1) is 0 Å². The molecule has 28 heavy (non-hydrogen) atoms. The fraction of sp³-hybridized carbons (Fsp3) is 0.167. The van der Waals surface area contributed by atoms with Crippen LogP contribution in [0.25, 0.3) is 0 Å². The molecule has 0 saturated carbocycles. The van der Waals surface area contributed by atoms with Crippen LogP contribution in [0.4, 0.5) is 25.2 Å². The number of halogens is 3. The third-order valence-electron chi connectivity index (χ3n) is 2.85. The van der Waals surface area contributed by atoms with Gasteiger partial charge in [0.25, 0.3) is 15.7 Å². The lowest BCUT2D eigenvalue weighted by molar-refractivity contribution is -0.387. The lowest BCUT2D eigenvalue weighted by atomic mass is 10.3. The number of rotatable bonds is 6. The van der Waals surface area contributed by atoms with E-state index in [1.54, 1.807) is 5.32 Å². The molecule has 2 amide bonds. The monoisotopic (exact) mass is 438 g/mol. The molecule has 2 N–H and O–H groups in total. The summed E-state index contributed by atoms with van der Waals surface area (Å²) in [4.78, 5) is 30.9. The van der Waals surface area contributed by atoms with Gasteiger partial charge in [0.15, 0.2) is 4.90 Å². The third-order valence-corrected chi connectivity index (χ3v) is 4.40. The zero-order chi connectivity index (χ0) is 21.1. The highest BCUT2D eigenvalue weighted by Crippen LogP contribution is 2.30. The van der Waals surface area contributed by atoms with Gasteiger partial charge < -0.3 is 4.74 Å². The van der Waals surface area contributed by atoms with Crippen LogP contribution in [0.15, 0.2) is 29.2 Å². The van der Waals surface area contributed by atoms with E-state index in [0.29, 0.717) is 0 Å². The molecule has 0 aliphatic carbocycles. The summed E-state index contributed by atoms with van der Waals surface area (Å²) in [7, 11) is -3.65. The molecule has 16 heteroatoms. The summed E-state index contributed by atoms with van der Waals surface area (Å²) >= 11 is 4.80. The van der Waals surface area contributed by atoms with Crippen LogP contribution in [0.1, 0.15) is 5.82 Å². The summed E-state index contributed by atoms with van der Waals surface area (Å²) < 4.78 is 56.8. The fourth-order valence-electron chi connectivity index (χ4n) is 1.77. The number of alkyl halides is 3. The highest BCUT2D eigenvalue weighted by Gasteiger charge is 2.34. The smallest absolute Gasteiger partial charge is 0.382 e. The second kappa shape index (κ2) is 7.81. The van der Waals surface area contributed by atoms with Gasteiger partial charge in [0.1, 0.15) is 0 Å². The number of para-hydroxylation sites is 1. The van der Waals surface area contributed by atoms with E-state index in [-0.39, 0.29) is 0 Å². The first-order valence-electron chi connectivity index (χ1n) is 6.88. The van der Waals surface area contributed by atoms with Crippen molar-refractivity contribution in [2.45, 2.75) is 10.3 Å². The Morgan fingerprint density at radius 1 is 1.29 bits per heavy atom. The number of urea groups is 1. The van der Waals surface area contributed by atoms with Crippen LogP contribution in [0.2, 0.25) is 0 Å². The largest absolute Gasteiger partial charge is 0.467 e. The predicted molar refractivity (Wildman–Crippen MR) is 88.6 cm³/mol. The average Bonchev–Trinajstić information content (AvgIpc) is 2.60. The molecule has 1 heterocycles. The predicted octanol–water partition coefficient (Wildman–Crippen LogP) is 1.59. The quantitative estimate of drug-likeness (QED) is 0.386. The number of anilines is 1. The van der Waals surface area contributed by atoms with Crippen LogP contribution in [-0.2, 0) is 15.4 Å². The minimum Gasteiger partial charge on any atom is -0.467 e. The molecule has 0 spiro atoms. The topological polar surface area (TPSA) is 166 Å². The van der Waals surface area contributed by atoms with Gasteiger partial charge in [0.05, 0.1) is 12.0 Å². The van der Waals surface area contributed by atoms with Gasteiger partial charge in [-0.05, 0) is 17.7 Å². The molecule has 0 saturated heterocycles. The second-order valence-corrected chi connectivity index (χ2v) is 6.88. The number of aromatic nitrogens is 3. The number of carbonyl (C=O) groups is 1. The molecule has 12 nitrogen and oxygen atoms in total. The number of benzene rings is 1. The SMILES string of the molecule is COc1nc(NC(=O)NS(=O)(=O)c2ccccc2[N+](=O)[O-])nc(C(F)(F)Cl)n1. The molecule has 2 rings (SSSR count). The van der Waals surface area contributed by atoms with Crippen molar-refractivity contribution in [1.29, 1.82) is 0 Å². The molecule has 2 aromatic rings. The minimum absolute atomic E-state index is 0.637. The Bertz CT molecular complexity index is 1030. The van der Waals surface area contributed by atoms with Gasteiger partial charge in [-0.3, -0.25) is 15.4 Å².